The van der Waals surface area contributed by atoms with Crippen molar-refractivity contribution in [3.63, 3.8) is 0 Å². The number of nitrogens with two attached hydrogens (primary N) is 1. The van der Waals surface area contributed by atoms with Gasteiger partial charge in [-0.1, -0.05) is 24.0 Å². The molecule has 0 amide bonds. The molecular formula is C10H11NO. The van der Waals surface area contributed by atoms with Gasteiger partial charge >= 0.3 is 0 Å². The van der Waals surface area contributed by atoms with E-state index in [0.29, 0.717) is 18.5 Å². The molecule has 3 N–H and O–H groups in total. The molecule has 2 nitrogen and oxygen atoms in total. The summed E-state index contributed by atoms with van der Waals surface area (Å²) >= 11 is 0. The number of hydrogen-bond acceptors (Lipinski definition) is 2. The quantitative estimate of drug-likeness (QED) is 0.606. The molecule has 1 aromatic carbocycles. The van der Waals surface area contributed by atoms with Crippen LogP contribution in [0.3, 0.4) is 0 Å². The average Bonchev–Trinajstić information content (AvgIpc) is 2.09. The van der Waals surface area contributed by atoms with E-state index in [1.807, 2.05) is 6.07 Å². The fraction of sp³-hybridized carbons (Fsp3) is 0.200. The molecule has 0 saturated carbocycles. The summed E-state index contributed by atoms with van der Waals surface area (Å²) in [5.74, 6) is 5.92. The van der Waals surface area contributed by atoms with Crippen LogP contribution in [0.2, 0.25) is 0 Å². The molecule has 0 spiro atoms. The molecule has 0 fully saturated rings. The smallest absolute Gasteiger partial charge is 0.131 e. The maximum atomic E-state index is 9.28. The molecule has 0 bridgehead atoms. The second-order valence-corrected chi connectivity index (χ2v) is 2.36. The molecule has 0 aromatic heterocycles. The summed E-state index contributed by atoms with van der Waals surface area (Å²) in [5, 5.41) is 9.28. The third-order valence-electron chi connectivity index (χ3n) is 1.40. The number of aromatic hydroxyl groups is 1. The van der Waals surface area contributed by atoms with Crippen molar-refractivity contribution in [2.24, 2.45) is 5.73 Å². The fourth-order valence-electron chi connectivity index (χ4n) is 0.809. The Hall–Kier alpha value is -1.46. The zero-order chi connectivity index (χ0) is 8.81. The zero-order valence-corrected chi connectivity index (χ0v) is 6.75. The molecule has 1 rings (SSSR count). The van der Waals surface area contributed by atoms with Crippen LogP contribution in [0.15, 0.2) is 24.3 Å². The van der Waals surface area contributed by atoms with E-state index in [1.165, 1.54) is 0 Å². The summed E-state index contributed by atoms with van der Waals surface area (Å²) in [7, 11) is 0. The van der Waals surface area contributed by atoms with Gasteiger partial charge in [-0.25, -0.2) is 0 Å². The van der Waals surface area contributed by atoms with Crippen LogP contribution in [0.25, 0.3) is 0 Å². The molecule has 12 heavy (non-hydrogen) atoms. The highest BCUT2D eigenvalue weighted by molar-refractivity contribution is 5.44. The Balaban J connectivity index is 2.77. The number of para-hydroxylation sites is 1. The largest absolute Gasteiger partial charge is 0.507 e. The van der Waals surface area contributed by atoms with Crippen molar-refractivity contribution in [1.29, 1.82) is 0 Å². The van der Waals surface area contributed by atoms with Gasteiger partial charge in [-0.05, 0) is 12.1 Å². The average molecular weight is 161 g/mol. The maximum Gasteiger partial charge on any atom is 0.131 e. The van der Waals surface area contributed by atoms with Crippen molar-refractivity contribution in [3.8, 4) is 17.6 Å². The Bertz CT molecular complexity index is 309. The SMILES string of the molecule is NCCC#Cc1ccccc1O. The van der Waals surface area contributed by atoms with Gasteiger partial charge in [0.2, 0.25) is 0 Å². The van der Waals surface area contributed by atoms with Crippen LogP contribution in [0.4, 0.5) is 0 Å². The predicted octanol–water partition coefficient (Wildman–Crippen LogP) is 1.09. The molecule has 0 unspecified atom stereocenters. The molecule has 62 valence electrons. The van der Waals surface area contributed by atoms with Gasteiger partial charge in [0.05, 0.1) is 5.56 Å². The normalized spacial score (nSPS) is 8.75. The topological polar surface area (TPSA) is 46.2 Å². The first-order valence-electron chi connectivity index (χ1n) is 3.81. The summed E-state index contributed by atoms with van der Waals surface area (Å²) in [6.07, 6.45) is 0.661. The molecule has 2 heteroatoms. The number of hydrogen-bond donors (Lipinski definition) is 2. The van der Waals surface area contributed by atoms with Gasteiger partial charge in [0.25, 0.3) is 0 Å². The minimum atomic E-state index is 0.224. The Morgan fingerprint density at radius 1 is 1.33 bits per heavy atom. The van der Waals surface area contributed by atoms with Crippen LogP contribution in [0.1, 0.15) is 12.0 Å². The van der Waals surface area contributed by atoms with Gasteiger partial charge < -0.3 is 10.8 Å². The second kappa shape index (κ2) is 4.42. The van der Waals surface area contributed by atoms with Crippen molar-refractivity contribution in [3.05, 3.63) is 29.8 Å². The van der Waals surface area contributed by atoms with Gasteiger partial charge in [-0.15, -0.1) is 0 Å². The van der Waals surface area contributed by atoms with E-state index in [9.17, 15) is 5.11 Å². The third kappa shape index (κ3) is 2.30. The van der Waals surface area contributed by atoms with Crippen molar-refractivity contribution < 1.29 is 5.11 Å². The highest BCUT2D eigenvalue weighted by Gasteiger charge is 1.92. The highest BCUT2D eigenvalue weighted by Crippen LogP contribution is 2.13. The number of phenols is 1. The molecule has 0 aliphatic heterocycles. The Morgan fingerprint density at radius 2 is 2.08 bits per heavy atom. The molecule has 0 saturated heterocycles. The lowest BCUT2D eigenvalue weighted by Gasteiger charge is -1.93. The van der Waals surface area contributed by atoms with Crippen LogP contribution in [-0.4, -0.2) is 11.7 Å². The van der Waals surface area contributed by atoms with Crippen LogP contribution >= 0.6 is 0 Å². The number of rotatable bonds is 1. The van der Waals surface area contributed by atoms with E-state index in [2.05, 4.69) is 11.8 Å². The molecule has 1 aromatic rings. The summed E-state index contributed by atoms with van der Waals surface area (Å²) in [5.41, 5.74) is 5.92. The summed E-state index contributed by atoms with van der Waals surface area (Å²) in [4.78, 5) is 0. The first kappa shape index (κ1) is 8.63. The fourth-order valence-corrected chi connectivity index (χ4v) is 0.809. The molecule has 0 heterocycles. The van der Waals surface area contributed by atoms with E-state index < -0.39 is 0 Å². The summed E-state index contributed by atoms with van der Waals surface area (Å²) in [6.45, 7) is 0.556. The second-order valence-electron chi connectivity index (χ2n) is 2.36. The van der Waals surface area contributed by atoms with Crippen LogP contribution in [-0.2, 0) is 0 Å². The predicted molar refractivity (Wildman–Crippen MR) is 48.7 cm³/mol. The van der Waals surface area contributed by atoms with E-state index >= 15 is 0 Å². The standard InChI is InChI=1S/C10H11NO/c11-8-4-3-6-9-5-1-2-7-10(9)12/h1-2,5,7,12H,4,8,11H2. The minimum Gasteiger partial charge on any atom is -0.507 e. The lowest BCUT2D eigenvalue weighted by Crippen LogP contribution is -1.95. The molecule has 0 aliphatic carbocycles. The first-order chi connectivity index (χ1) is 5.84. The molecule has 0 radical (unpaired) electrons. The van der Waals surface area contributed by atoms with E-state index in [1.54, 1.807) is 18.2 Å². The van der Waals surface area contributed by atoms with Crippen LogP contribution in [0, 0.1) is 11.8 Å². The van der Waals surface area contributed by atoms with Gasteiger partial charge in [0.15, 0.2) is 0 Å². The lowest BCUT2D eigenvalue weighted by atomic mass is 10.2. The highest BCUT2D eigenvalue weighted by atomic mass is 16.3. The van der Waals surface area contributed by atoms with E-state index in [4.69, 9.17) is 5.73 Å². The Kier molecular flexibility index (Phi) is 3.18. The Morgan fingerprint density at radius 3 is 2.75 bits per heavy atom. The van der Waals surface area contributed by atoms with Gasteiger partial charge in [-0.3, -0.25) is 0 Å². The zero-order valence-electron chi connectivity index (χ0n) is 6.75. The molecule has 0 atom stereocenters. The third-order valence-corrected chi connectivity index (χ3v) is 1.40. The lowest BCUT2D eigenvalue weighted by molar-refractivity contribution is 0.473. The van der Waals surface area contributed by atoms with E-state index in [-0.39, 0.29) is 5.75 Å². The Labute approximate surface area is 72.0 Å². The number of phenolic OH excluding ortho intramolecular Hbond substituents is 1. The van der Waals surface area contributed by atoms with Crippen molar-refractivity contribution in [2.75, 3.05) is 6.54 Å². The summed E-state index contributed by atoms with van der Waals surface area (Å²) < 4.78 is 0. The van der Waals surface area contributed by atoms with Crippen molar-refractivity contribution in [2.45, 2.75) is 6.42 Å². The van der Waals surface area contributed by atoms with Gasteiger partial charge in [0.1, 0.15) is 5.75 Å². The van der Waals surface area contributed by atoms with Gasteiger partial charge in [-0.2, -0.15) is 0 Å². The molecule has 0 aliphatic rings. The van der Waals surface area contributed by atoms with Crippen LogP contribution < -0.4 is 5.73 Å². The van der Waals surface area contributed by atoms with Crippen LogP contribution in [0.5, 0.6) is 5.75 Å². The van der Waals surface area contributed by atoms with Gasteiger partial charge in [0, 0.05) is 13.0 Å². The summed E-state index contributed by atoms with van der Waals surface area (Å²) in [6, 6.07) is 7.00. The van der Waals surface area contributed by atoms with Crippen molar-refractivity contribution in [1.82, 2.24) is 0 Å². The first-order valence-corrected chi connectivity index (χ1v) is 3.81. The van der Waals surface area contributed by atoms with Crippen molar-refractivity contribution >= 4 is 0 Å². The number of benzene rings is 1. The monoisotopic (exact) mass is 161 g/mol. The van der Waals surface area contributed by atoms with E-state index in [0.717, 1.165) is 0 Å². The molecular weight excluding hydrogens is 150 g/mol. The maximum absolute atomic E-state index is 9.28. The minimum absolute atomic E-state index is 0.224.